The number of anilines is 1. The highest BCUT2D eigenvalue weighted by Crippen LogP contribution is 2.25. The number of pyridine rings is 1. The van der Waals surface area contributed by atoms with Crippen LogP contribution in [0.15, 0.2) is 53.8 Å². The van der Waals surface area contributed by atoms with Gasteiger partial charge >= 0.3 is 0 Å². The van der Waals surface area contributed by atoms with Crippen molar-refractivity contribution in [1.29, 1.82) is 0 Å². The largest absolute Gasteiger partial charge is 0.297 e. The highest BCUT2D eigenvalue weighted by molar-refractivity contribution is 7.22. The molecule has 1 aromatic carbocycles. The minimum absolute atomic E-state index is 0.418. The van der Waals surface area contributed by atoms with Crippen molar-refractivity contribution < 1.29 is 0 Å². The lowest BCUT2D eigenvalue weighted by Gasteiger charge is -1.96. The summed E-state index contributed by atoms with van der Waals surface area (Å²) in [6.07, 6.45) is 3.54. The van der Waals surface area contributed by atoms with Gasteiger partial charge in [-0.2, -0.15) is 5.10 Å². The second-order valence-electron chi connectivity index (χ2n) is 4.57. The molecule has 4 aromatic rings. The van der Waals surface area contributed by atoms with E-state index in [-0.39, 0.29) is 0 Å². The van der Waals surface area contributed by atoms with Gasteiger partial charge in [0.2, 0.25) is 5.13 Å². The number of rotatable bonds is 3. The molecule has 0 amide bonds. The normalized spacial score (nSPS) is 11.7. The summed E-state index contributed by atoms with van der Waals surface area (Å²) in [7, 11) is 0. The third kappa shape index (κ3) is 2.32. The van der Waals surface area contributed by atoms with E-state index < -0.39 is 0 Å². The molecule has 0 atom stereocenters. The molecule has 0 aliphatic carbocycles. The van der Waals surface area contributed by atoms with Crippen LogP contribution in [0.5, 0.6) is 0 Å². The fraction of sp³-hybridized carbons (Fsp3) is 0. The Kier molecular flexibility index (Phi) is 3.25. The summed E-state index contributed by atoms with van der Waals surface area (Å²) in [4.78, 5) is 8.72. The number of halogens is 1. The van der Waals surface area contributed by atoms with Gasteiger partial charge in [0.25, 0.3) is 0 Å². The molecule has 0 saturated carbocycles. The minimum atomic E-state index is 0.418. The van der Waals surface area contributed by atoms with E-state index >= 15 is 0 Å². The van der Waals surface area contributed by atoms with Crippen molar-refractivity contribution in [3.63, 3.8) is 0 Å². The van der Waals surface area contributed by atoms with Crippen LogP contribution in [0.25, 0.3) is 15.9 Å². The van der Waals surface area contributed by atoms with Crippen LogP contribution in [0.4, 0.5) is 5.13 Å². The standard InChI is InChI=1S/C15H10ClN5S/c16-14-11(21-8-4-3-7-13(21)19-14)9-17-20-15-18-10-5-1-2-6-12(10)22-15/h1-9H,(H,18,20)/b17-9+. The van der Waals surface area contributed by atoms with Gasteiger partial charge in [0.05, 0.1) is 16.4 Å². The summed E-state index contributed by atoms with van der Waals surface area (Å²) in [6, 6.07) is 13.7. The van der Waals surface area contributed by atoms with Gasteiger partial charge in [0, 0.05) is 6.20 Å². The molecule has 0 bridgehead atoms. The van der Waals surface area contributed by atoms with Crippen LogP contribution < -0.4 is 5.43 Å². The van der Waals surface area contributed by atoms with Gasteiger partial charge in [-0.05, 0) is 24.3 Å². The van der Waals surface area contributed by atoms with Crippen molar-refractivity contribution in [2.75, 3.05) is 5.43 Å². The van der Waals surface area contributed by atoms with Gasteiger partial charge in [0.1, 0.15) is 11.3 Å². The number of hydrogen-bond donors (Lipinski definition) is 1. The molecule has 4 rings (SSSR count). The number of hydrazone groups is 1. The van der Waals surface area contributed by atoms with Gasteiger partial charge in [0.15, 0.2) is 5.15 Å². The summed E-state index contributed by atoms with van der Waals surface area (Å²) < 4.78 is 3.00. The average molecular weight is 328 g/mol. The summed E-state index contributed by atoms with van der Waals surface area (Å²) in [5.74, 6) is 0. The fourth-order valence-electron chi connectivity index (χ4n) is 2.17. The maximum atomic E-state index is 6.15. The van der Waals surface area contributed by atoms with Crippen molar-refractivity contribution in [2.24, 2.45) is 5.10 Å². The quantitative estimate of drug-likeness (QED) is 0.456. The van der Waals surface area contributed by atoms with Crippen LogP contribution in [0.1, 0.15) is 5.69 Å². The van der Waals surface area contributed by atoms with E-state index in [0.29, 0.717) is 5.15 Å². The van der Waals surface area contributed by atoms with Gasteiger partial charge in [-0.1, -0.05) is 41.1 Å². The topological polar surface area (TPSA) is 54.6 Å². The minimum Gasteiger partial charge on any atom is -0.297 e. The molecule has 22 heavy (non-hydrogen) atoms. The lowest BCUT2D eigenvalue weighted by atomic mass is 10.3. The molecule has 3 heterocycles. The zero-order chi connectivity index (χ0) is 14.9. The first-order chi connectivity index (χ1) is 10.8. The molecular weight excluding hydrogens is 318 g/mol. The SMILES string of the molecule is Clc1nc2ccccn2c1/C=N/Nc1nc2ccccc2s1. The predicted molar refractivity (Wildman–Crippen MR) is 91.0 cm³/mol. The molecule has 0 radical (unpaired) electrons. The Morgan fingerprint density at radius 2 is 2.00 bits per heavy atom. The van der Waals surface area contributed by atoms with Gasteiger partial charge in [-0.25, -0.2) is 9.97 Å². The Hall–Kier alpha value is -2.44. The highest BCUT2D eigenvalue weighted by Gasteiger charge is 2.07. The monoisotopic (exact) mass is 327 g/mol. The van der Waals surface area contributed by atoms with E-state index in [1.807, 2.05) is 53.1 Å². The van der Waals surface area contributed by atoms with E-state index in [1.165, 1.54) is 0 Å². The van der Waals surface area contributed by atoms with Crippen molar-refractivity contribution in [1.82, 2.24) is 14.4 Å². The number of nitrogens with zero attached hydrogens (tertiary/aromatic N) is 4. The number of nitrogens with one attached hydrogen (secondary N) is 1. The van der Waals surface area contributed by atoms with Crippen molar-refractivity contribution in [3.05, 3.63) is 59.5 Å². The molecule has 0 unspecified atom stereocenters. The van der Waals surface area contributed by atoms with Crippen LogP contribution in [-0.2, 0) is 0 Å². The van der Waals surface area contributed by atoms with E-state index in [0.717, 1.165) is 26.7 Å². The zero-order valence-corrected chi connectivity index (χ0v) is 12.8. The van der Waals surface area contributed by atoms with E-state index in [4.69, 9.17) is 11.6 Å². The molecule has 0 spiro atoms. The Morgan fingerprint density at radius 1 is 1.14 bits per heavy atom. The second-order valence-corrected chi connectivity index (χ2v) is 5.96. The van der Waals surface area contributed by atoms with Crippen LogP contribution >= 0.6 is 22.9 Å². The predicted octanol–water partition coefficient (Wildman–Crippen LogP) is 4.04. The van der Waals surface area contributed by atoms with E-state index in [9.17, 15) is 0 Å². The molecule has 5 nitrogen and oxygen atoms in total. The van der Waals surface area contributed by atoms with Crippen LogP contribution in [0.3, 0.4) is 0 Å². The van der Waals surface area contributed by atoms with Crippen molar-refractivity contribution >= 4 is 50.1 Å². The van der Waals surface area contributed by atoms with Crippen LogP contribution in [0.2, 0.25) is 5.15 Å². The average Bonchev–Trinajstić information content (AvgIpc) is 3.08. The number of aromatic nitrogens is 3. The van der Waals surface area contributed by atoms with E-state index in [2.05, 4.69) is 20.5 Å². The summed E-state index contributed by atoms with van der Waals surface area (Å²) in [5.41, 5.74) is 5.41. The molecule has 1 N–H and O–H groups in total. The molecule has 0 fully saturated rings. The first-order valence-corrected chi connectivity index (χ1v) is 7.78. The Bertz CT molecular complexity index is 955. The van der Waals surface area contributed by atoms with E-state index in [1.54, 1.807) is 17.6 Å². The molecule has 0 aliphatic heterocycles. The molecular formula is C15H10ClN5S. The van der Waals surface area contributed by atoms with Gasteiger partial charge in [-0.15, -0.1) is 0 Å². The van der Waals surface area contributed by atoms with Gasteiger partial charge in [-0.3, -0.25) is 9.83 Å². The number of para-hydroxylation sites is 1. The maximum Gasteiger partial charge on any atom is 0.204 e. The fourth-order valence-corrected chi connectivity index (χ4v) is 3.21. The first kappa shape index (κ1) is 13.2. The number of benzene rings is 1. The van der Waals surface area contributed by atoms with Crippen LogP contribution in [0, 0.1) is 0 Å². The lowest BCUT2D eigenvalue weighted by Crippen LogP contribution is -1.94. The molecule has 3 aromatic heterocycles. The number of fused-ring (bicyclic) bond motifs is 2. The summed E-state index contributed by atoms with van der Waals surface area (Å²) in [6.45, 7) is 0. The van der Waals surface area contributed by atoms with Crippen molar-refractivity contribution in [3.8, 4) is 0 Å². The zero-order valence-electron chi connectivity index (χ0n) is 11.3. The van der Waals surface area contributed by atoms with Crippen LogP contribution in [-0.4, -0.2) is 20.6 Å². The molecule has 0 aliphatic rings. The third-order valence-electron chi connectivity index (χ3n) is 3.16. The second kappa shape index (κ2) is 5.40. The maximum absolute atomic E-state index is 6.15. The molecule has 108 valence electrons. The number of imidazole rings is 1. The van der Waals surface area contributed by atoms with Gasteiger partial charge < -0.3 is 0 Å². The lowest BCUT2D eigenvalue weighted by molar-refractivity contribution is 1.17. The summed E-state index contributed by atoms with van der Waals surface area (Å²) >= 11 is 7.70. The summed E-state index contributed by atoms with van der Waals surface area (Å²) in [5, 5.41) is 5.37. The third-order valence-corrected chi connectivity index (χ3v) is 4.38. The number of thiazole rings is 1. The highest BCUT2D eigenvalue weighted by atomic mass is 35.5. The Balaban J connectivity index is 1.62. The molecule has 7 heteroatoms. The first-order valence-electron chi connectivity index (χ1n) is 6.58. The number of hydrogen-bond acceptors (Lipinski definition) is 5. The molecule has 0 saturated heterocycles. The Labute approximate surface area is 134 Å². The van der Waals surface area contributed by atoms with Crippen molar-refractivity contribution in [2.45, 2.75) is 0 Å². The smallest absolute Gasteiger partial charge is 0.204 e. The Morgan fingerprint density at radius 3 is 2.91 bits per heavy atom.